The average Bonchev–Trinajstić information content (AvgIpc) is 3.16. The zero-order chi connectivity index (χ0) is 20.1. The van der Waals surface area contributed by atoms with Crippen LogP contribution in [-0.4, -0.2) is 29.4 Å². The third kappa shape index (κ3) is 4.92. The lowest BCUT2D eigenvalue weighted by molar-refractivity contribution is -0.132. The molecule has 0 saturated carbocycles. The van der Waals surface area contributed by atoms with Crippen molar-refractivity contribution in [3.63, 3.8) is 0 Å². The normalized spacial score (nSPS) is 10.7. The first-order valence-electron chi connectivity index (χ1n) is 9.31. The monoisotopic (exact) mass is 403 g/mol. The summed E-state index contributed by atoms with van der Waals surface area (Å²) < 4.78 is 6.78. The maximum Gasteiger partial charge on any atom is 0.260 e. The first kappa shape index (κ1) is 19.0. The Labute approximate surface area is 173 Å². The van der Waals surface area contributed by atoms with Gasteiger partial charge in [0.2, 0.25) is 0 Å². The molecule has 0 aliphatic rings. The van der Waals surface area contributed by atoms with Crippen LogP contribution in [-0.2, 0) is 11.3 Å². The number of benzene rings is 3. The number of thiazole rings is 1. The van der Waals surface area contributed by atoms with Gasteiger partial charge in [0, 0.05) is 18.4 Å². The molecular weight excluding hydrogens is 382 g/mol. The molecule has 1 amide bonds. The third-order valence-electron chi connectivity index (χ3n) is 4.42. The van der Waals surface area contributed by atoms with Crippen molar-refractivity contribution in [3.8, 4) is 5.75 Å². The average molecular weight is 404 g/mol. The van der Waals surface area contributed by atoms with Crippen LogP contribution in [0.1, 0.15) is 5.01 Å². The molecule has 0 aliphatic carbocycles. The van der Waals surface area contributed by atoms with Gasteiger partial charge in [-0.25, -0.2) is 4.98 Å². The molecular formula is C23H21N3O2S. The van der Waals surface area contributed by atoms with Crippen LogP contribution in [0.3, 0.4) is 0 Å². The molecule has 0 atom stereocenters. The van der Waals surface area contributed by atoms with Crippen LogP contribution in [0.25, 0.3) is 10.2 Å². The number of anilines is 2. The summed E-state index contributed by atoms with van der Waals surface area (Å²) in [6.07, 6.45) is 0. The molecule has 0 bridgehead atoms. The molecule has 6 heteroatoms. The summed E-state index contributed by atoms with van der Waals surface area (Å²) in [6, 6.07) is 25.5. The standard InChI is InChI=1S/C23H21N3O2S/c1-26(15-22-25-20-9-5-6-10-21(20)29-22)23(27)16-28-19-13-11-18(12-14-19)24-17-7-3-2-4-8-17/h2-14,24H,15-16H2,1H3. The summed E-state index contributed by atoms with van der Waals surface area (Å²) in [7, 11) is 1.77. The maximum atomic E-state index is 12.4. The van der Waals surface area contributed by atoms with Crippen molar-refractivity contribution in [2.45, 2.75) is 6.54 Å². The predicted molar refractivity (Wildman–Crippen MR) is 118 cm³/mol. The van der Waals surface area contributed by atoms with Crippen LogP contribution in [0.2, 0.25) is 0 Å². The van der Waals surface area contributed by atoms with E-state index < -0.39 is 0 Å². The number of fused-ring (bicyclic) bond motifs is 1. The van der Waals surface area contributed by atoms with Crippen LogP contribution < -0.4 is 10.1 Å². The SMILES string of the molecule is CN(Cc1nc2ccccc2s1)C(=O)COc1ccc(Nc2ccccc2)cc1. The lowest BCUT2D eigenvalue weighted by atomic mass is 10.2. The molecule has 0 saturated heterocycles. The van der Waals surface area contributed by atoms with E-state index >= 15 is 0 Å². The number of rotatable bonds is 7. The van der Waals surface area contributed by atoms with Gasteiger partial charge in [-0.1, -0.05) is 30.3 Å². The molecule has 0 spiro atoms. The third-order valence-corrected chi connectivity index (χ3v) is 5.44. The van der Waals surface area contributed by atoms with Crippen molar-refractivity contribution in [2.75, 3.05) is 19.0 Å². The number of hydrogen-bond acceptors (Lipinski definition) is 5. The molecule has 4 rings (SSSR count). The number of carbonyl (C=O) groups is 1. The van der Waals surface area contributed by atoms with Crippen molar-refractivity contribution < 1.29 is 9.53 Å². The Balaban J connectivity index is 1.29. The Kier molecular flexibility index (Phi) is 5.72. The zero-order valence-electron chi connectivity index (χ0n) is 16.0. The number of amides is 1. The van der Waals surface area contributed by atoms with E-state index in [0.29, 0.717) is 12.3 Å². The minimum atomic E-state index is -0.0873. The highest BCUT2D eigenvalue weighted by molar-refractivity contribution is 7.18. The number of carbonyl (C=O) groups excluding carboxylic acids is 1. The quantitative estimate of drug-likeness (QED) is 0.468. The van der Waals surface area contributed by atoms with Crippen molar-refractivity contribution in [1.82, 2.24) is 9.88 Å². The molecule has 5 nitrogen and oxygen atoms in total. The fourth-order valence-electron chi connectivity index (χ4n) is 2.86. The largest absolute Gasteiger partial charge is 0.484 e. The minimum absolute atomic E-state index is 0.00709. The van der Waals surface area contributed by atoms with Gasteiger partial charge in [0.05, 0.1) is 16.8 Å². The first-order chi connectivity index (χ1) is 14.2. The smallest absolute Gasteiger partial charge is 0.260 e. The fraction of sp³-hybridized carbons (Fsp3) is 0.130. The Hall–Kier alpha value is -3.38. The van der Waals surface area contributed by atoms with Crippen LogP contribution in [0.5, 0.6) is 5.75 Å². The van der Waals surface area contributed by atoms with Crippen LogP contribution in [0, 0.1) is 0 Å². The van der Waals surface area contributed by atoms with Crippen molar-refractivity contribution in [3.05, 3.63) is 83.9 Å². The van der Waals surface area contributed by atoms with Gasteiger partial charge in [-0.3, -0.25) is 4.79 Å². The van der Waals surface area contributed by atoms with Gasteiger partial charge in [-0.05, 0) is 48.5 Å². The Morgan fingerprint density at radius 2 is 1.66 bits per heavy atom. The van der Waals surface area contributed by atoms with E-state index in [1.54, 1.807) is 23.3 Å². The molecule has 1 N–H and O–H groups in total. The van der Waals surface area contributed by atoms with Crippen molar-refractivity contribution in [1.29, 1.82) is 0 Å². The summed E-state index contributed by atoms with van der Waals surface area (Å²) in [5.41, 5.74) is 2.95. The van der Waals surface area contributed by atoms with Gasteiger partial charge in [-0.2, -0.15) is 0 Å². The molecule has 3 aromatic carbocycles. The summed E-state index contributed by atoms with van der Waals surface area (Å²) in [4.78, 5) is 18.6. The number of ether oxygens (including phenoxy) is 1. The number of likely N-dealkylation sites (N-methyl/N-ethyl adjacent to an activating group) is 1. The summed E-state index contributed by atoms with van der Waals surface area (Å²) in [6.45, 7) is 0.467. The van der Waals surface area contributed by atoms with Crippen LogP contribution in [0.15, 0.2) is 78.9 Å². The van der Waals surface area contributed by atoms with Gasteiger partial charge in [-0.15, -0.1) is 11.3 Å². The Bertz CT molecular complexity index is 1060. The molecule has 0 unspecified atom stereocenters. The van der Waals surface area contributed by atoms with Crippen LogP contribution in [0.4, 0.5) is 11.4 Å². The maximum absolute atomic E-state index is 12.4. The predicted octanol–water partition coefficient (Wildman–Crippen LogP) is 5.08. The number of para-hydroxylation sites is 2. The highest BCUT2D eigenvalue weighted by Crippen LogP contribution is 2.23. The van der Waals surface area contributed by atoms with E-state index in [1.165, 1.54) is 0 Å². The molecule has 0 radical (unpaired) electrons. The summed E-state index contributed by atoms with van der Waals surface area (Å²) in [5, 5.41) is 4.23. The highest BCUT2D eigenvalue weighted by atomic mass is 32.1. The van der Waals surface area contributed by atoms with E-state index in [9.17, 15) is 4.79 Å². The summed E-state index contributed by atoms with van der Waals surface area (Å²) >= 11 is 1.61. The lowest BCUT2D eigenvalue weighted by Crippen LogP contribution is -2.30. The molecule has 4 aromatic rings. The Morgan fingerprint density at radius 1 is 0.966 bits per heavy atom. The van der Waals surface area contributed by atoms with E-state index in [0.717, 1.165) is 26.6 Å². The number of hydrogen-bond donors (Lipinski definition) is 1. The van der Waals surface area contributed by atoms with E-state index in [2.05, 4.69) is 10.3 Å². The van der Waals surface area contributed by atoms with Gasteiger partial charge >= 0.3 is 0 Å². The van der Waals surface area contributed by atoms with Gasteiger partial charge in [0.1, 0.15) is 10.8 Å². The molecule has 1 aromatic heterocycles. The van der Waals surface area contributed by atoms with Gasteiger partial charge in [0.15, 0.2) is 6.61 Å². The first-order valence-corrected chi connectivity index (χ1v) is 10.1. The fourth-order valence-corrected chi connectivity index (χ4v) is 3.88. The molecule has 0 fully saturated rings. The molecule has 1 heterocycles. The van der Waals surface area contributed by atoms with Gasteiger partial charge < -0.3 is 15.0 Å². The second kappa shape index (κ2) is 8.75. The van der Waals surface area contributed by atoms with Crippen molar-refractivity contribution >= 4 is 38.8 Å². The van der Waals surface area contributed by atoms with E-state index in [-0.39, 0.29) is 12.5 Å². The number of nitrogens with zero attached hydrogens (tertiary/aromatic N) is 2. The van der Waals surface area contributed by atoms with Crippen LogP contribution >= 0.6 is 11.3 Å². The topological polar surface area (TPSA) is 54.5 Å². The lowest BCUT2D eigenvalue weighted by Gasteiger charge is -2.16. The minimum Gasteiger partial charge on any atom is -0.484 e. The molecule has 29 heavy (non-hydrogen) atoms. The highest BCUT2D eigenvalue weighted by Gasteiger charge is 2.13. The number of nitrogens with one attached hydrogen (secondary N) is 1. The van der Waals surface area contributed by atoms with Gasteiger partial charge in [0.25, 0.3) is 5.91 Å². The second-order valence-electron chi connectivity index (χ2n) is 6.63. The molecule has 146 valence electrons. The second-order valence-corrected chi connectivity index (χ2v) is 7.74. The number of aromatic nitrogens is 1. The Morgan fingerprint density at radius 3 is 2.41 bits per heavy atom. The zero-order valence-corrected chi connectivity index (χ0v) is 16.9. The molecule has 0 aliphatic heterocycles. The van der Waals surface area contributed by atoms with Crippen molar-refractivity contribution in [2.24, 2.45) is 0 Å². The summed E-state index contributed by atoms with van der Waals surface area (Å²) in [5.74, 6) is 0.570. The van der Waals surface area contributed by atoms with E-state index in [1.807, 2.05) is 78.9 Å². The van der Waals surface area contributed by atoms with E-state index in [4.69, 9.17) is 4.74 Å².